The number of carbonyl (C=O) groups is 1. The molecular formula is C13H16FNO3S. The van der Waals surface area contributed by atoms with Gasteiger partial charge in [0.1, 0.15) is 5.82 Å². The Labute approximate surface area is 112 Å². The summed E-state index contributed by atoms with van der Waals surface area (Å²) in [5.41, 5.74) is 0.609. The van der Waals surface area contributed by atoms with Gasteiger partial charge in [-0.25, -0.2) is 17.5 Å². The lowest BCUT2D eigenvalue weighted by molar-refractivity contribution is -0.114. The Hall–Kier alpha value is -1.69. The van der Waals surface area contributed by atoms with Crippen LogP contribution in [0.25, 0.3) is 6.08 Å². The van der Waals surface area contributed by atoms with Gasteiger partial charge < -0.3 is 0 Å². The van der Waals surface area contributed by atoms with Gasteiger partial charge in [-0.05, 0) is 29.7 Å². The molecule has 19 heavy (non-hydrogen) atoms. The zero-order valence-electron chi connectivity index (χ0n) is 10.8. The highest BCUT2D eigenvalue weighted by Crippen LogP contribution is 2.04. The fourth-order valence-electron chi connectivity index (χ4n) is 1.41. The smallest absolute Gasteiger partial charge is 0.257 e. The Bertz CT molecular complexity index is 562. The monoisotopic (exact) mass is 285 g/mol. The fraction of sp³-hybridized carbons (Fsp3) is 0.308. The SMILES string of the molecule is CC(C)CS(=O)(=O)NC(=O)/C=C\c1ccc(F)cc1. The minimum atomic E-state index is -3.60. The highest BCUT2D eigenvalue weighted by Gasteiger charge is 2.14. The molecule has 0 saturated heterocycles. The lowest BCUT2D eigenvalue weighted by Crippen LogP contribution is -2.32. The summed E-state index contributed by atoms with van der Waals surface area (Å²) in [6.45, 7) is 3.50. The molecule has 0 aliphatic heterocycles. The molecule has 1 aromatic carbocycles. The number of nitrogens with one attached hydrogen (secondary N) is 1. The zero-order valence-corrected chi connectivity index (χ0v) is 11.6. The first-order valence-electron chi connectivity index (χ1n) is 5.76. The van der Waals surface area contributed by atoms with Crippen LogP contribution in [0, 0.1) is 11.7 Å². The maximum absolute atomic E-state index is 12.6. The normalized spacial score (nSPS) is 12.0. The van der Waals surface area contributed by atoms with Gasteiger partial charge in [0.05, 0.1) is 5.75 Å². The standard InChI is InChI=1S/C13H16FNO3S/c1-10(2)9-19(17,18)15-13(16)8-5-11-3-6-12(14)7-4-11/h3-8,10H,9H2,1-2H3,(H,15,16)/b8-5-. The Morgan fingerprint density at radius 1 is 1.32 bits per heavy atom. The van der Waals surface area contributed by atoms with E-state index in [-0.39, 0.29) is 17.5 Å². The third kappa shape index (κ3) is 6.15. The molecule has 0 heterocycles. The largest absolute Gasteiger partial charge is 0.269 e. The van der Waals surface area contributed by atoms with Crippen LogP contribution < -0.4 is 4.72 Å². The quantitative estimate of drug-likeness (QED) is 0.841. The first-order chi connectivity index (χ1) is 8.78. The number of halogens is 1. The molecule has 0 aliphatic carbocycles. The molecule has 0 aromatic heterocycles. The molecule has 0 unspecified atom stereocenters. The van der Waals surface area contributed by atoms with Gasteiger partial charge >= 0.3 is 0 Å². The molecule has 0 bridgehead atoms. The molecule has 0 radical (unpaired) electrons. The van der Waals surface area contributed by atoms with E-state index in [0.29, 0.717) is 5.56 Å². The second kappa shape index (κ2) is 6.47. The van der Waals surface area contributed by atoms with E-state index in [1.165, 1.54) is 30.3 Å². The van der Waals surface area contributed by atoms with Crippen molar-refractivity contribution in [2.45, 2.75) is 13.8 Å². The number of hydrogen-bond donors (Lipinski definition) is 1. The van der Waals surface area contributed by atoms with Crippen LogP contribution in [0.2, 0.25) is 0 Å². The minimum Gasteiger partial charge on any atom is -0.269 e. The van der Waals surface area contributed by atoms with Crippen LogP contribution in [0.3, 0.4) is 0 Å². The number of rotatable bonds is 5. The summed E-state index contributed by atoms with van der Waals surface area (Å²) in [6, 6.07) is 5.49. The molecule has 0 aliphatic rings. The van der Waals surface area contributed by atoms with Gasteiger partial charge in [0.2, 0.25) is 10.0 Å². The summed E-state index contributed by atoms with van der Waals surface area (Å²) in [5.74, 6) is -1.26. The maximum atomic E-state index is 12.6. The number of benzene rings is 1. The molecule has 1 amide bonds. The van der Waals surface area contributed by atoms with E-state index < -0.39 is 15.9 Å². The maximum Gasteiger partial charge on any atom is 0.257 e. The molecule has 104 valence electrons. The molecule has 1 aromatic rings. The summed E-state index contributed by atoms with van der Waals surface area (Å²) in [6.07, 6.45) is 2.52. The molecule has 1 N–H and O–H groups in total. The first kappa shape index (κ1) is 15.4. The molecule has 0 fully saturated rings. The third-order valence-corrected chi connectivity index (χ3v) is 3.72. The van der Waals surface area contributed by atoms with Crippen molar-refractivity contribution >= 4 is 22.0 Å². The van der Waals surface area contributed by atoms with Gasteiger partial charge in [-0.2, -0.15) is 0 Å². The fourth-order valence-corrected chi connectivity index (χ4v) is 2.75. The number of amides is 1. The molecule has 0 saturated carbocycles. The summed E-state index contributed by atoms with van der Waals surface area (Å²) < 4.78 is 37.6. The summed E-state index contributed by atoms with van der Waals surface area (Å²) in [5, 5.41) is 0. The van der Waals surface area contributed by atoms with Crippen molar-refractivity contribution in [1.29, 1.82) is 0 Å². The van der Waals surface area contributed by atoms with Crippen molar-refractivity contribution in [3.8, 4) is 0 Å². The molecule has 1 rings (SSSR count). The van der Waals surface area contributed by atoms with E-state index >= 15 is 0 Å². The van der Waals surface area contributed by atoms with Crippen LogP contribution in [-0.2, 0) is 14.8 Å². The van der Waals surface area contributed by atoms with Crippen LogP contribution in [0.15, 0.2) is 30.3 Å². The molecular weight excluding hydrogens is 269 g/mol. The zero-order chi connectivity index (χ0) is 14.5. The summed E-state index contributed by atoms with van der Waals surface area (Å²) in [4.78, 5) is 11.4. The Balaban J connectivity index is 2.63. The van der Waals surface area contributed by atoms with Crippen molar-refractivity contribution in [3.05, 3.63) is 41.7 Å². The molecule has 0 atom stereocenters. The predicted molar refractivity (Wildman–Crippen MR) is 72.2 cm³/mol. The molecule has 6 heteroatoms. The van der Waals surface area contributed by atoms with Crippen molar-refractivity contribution in [2.24, 2.45) is 5.92 Å². The average molecular weight is 285 g/mol. The van der Waals surface area contributed by atoms with Gasteiger partial charge in [-0.3, -0.25) is 4.79 Å². The number of carbonyl (C=O) groups excluding carboxylic acids is 1. The Morgan fingerprint density at radius 2 is 1.89 bits per heavy atom. The minimum absolute atomic E-state index is 0.0635. The van der Waals surface area contributed by atoms with Gasteiger partial charge in [0, 0.05) is 6.08 Å². The van der Waals surface area contributed by atoms with Crippen LogP contribution in [0.1, 0.15) is 19.4 Å². The topological polar surface area (TPSA) is 63.2 Å². The Morgan fingerprint density at radius 3 is 2.42 bits per heavy atom. The van der Waals surface area contributed by atoms with Crippen molar-refractivity contribution in [3.63, 3.8) is 0 Å². The van der Waals surface area contributed by atoms with Crippen molar-refractivity contribution < 1.29 is 17.6 Å². The number of hydrogen-bond acceptors (Lipinski definition) is 3. The van der Waals surface area contributed by atoms with E-state index in [0.717, 1.165) is 6.08 Å². The number of sulfonamides is 1. The van der Waals surface area contributed by atoms with E-state index in [4.69, 9.17) is 0 Å². The van der Waals surface area contributed by atoms with Crippen LogP contribution in [-0.4, -0.2) is 20.1 Å². The lowest BCUT2D eigenvalue weighted by Gasteiger charge is -2.06. The predicted octanol–water partition coefficient (Wildman–Crippen LogP) is 1.94. The second-order valence-corrected chi connectivity index (χ2v) is 6.29. The third-order valence-electron chi connectivity index (χ3n) is 2.11. The first-order valence-corrected chi connectivity index (χ1v) is 7.42. The van der Waals surface area contributed by atoms with Crippen LogP contribution in [0.5, 0.6) is 0 Å². The summed E-state index contributed by atoms with van der Waals surface area (Å²) in [7, 11) is -3.60. The van der Waals surface area contributed by atoms with E-state index in [2.05, 4.69) is 0 Å². The van der Waals surface area contributed by atoms with Gasteiger partial charge in [-0.15, -0.1) is 0 Å². The van der Waals surface area contributed by atoms with Crippen molar-refractivity contribution in [2.75, 3.05) is 5.75 Å². The highest BCUT2D eigenvalue weighted by atomic mass is 32.2. The van der Waals surface area contributed by atoms with E-state index in [1.807, 2.05) is 4.72 Å². The highest BCUT2D eigenvalue weighted by molar-refractivity contribution is 7.90. The van der Waals surface area contributed by atoms with Crippen LogP contribution >= 0.6 is 0 Å². The van der Waals surface area contributed by atoms with Gasteiger partial charge in [0.25, 0.3) is 5.91 Å². The Kier molecular flexibility index (Phi) is 5.23. The second-order valence-electron chi connectivity index (χ2n) is 4.53. The van der Waals surface area contributed by atoms with E-state index in [1.54, 1.807) is 13.8 Å². The lowest BCUT2D eigenvalue weighted by atomic mass is 10.2. The average Bonchev–Trinajstić information content (AvgIpc) is 2.25. The van der Waals surface area contributed by atoms with Crippen molar-refractivity contribution in [1.82, 2.24) is 4.72 Å². The van der Waals surface area contributed by atoms with Gasteiger partial charge in [0.15, 0.2) is 0 Å². The van der Waals surface area contributed by atoms with Gasteiger partial charge in [-0.1, -0.05) is 26.0 Å². The molecule has 0 spiro atoms. The van der Waals surface area contributed by atoms with Crippen LogP contribution in [0.4, 0.5) is 4.39 Å². The molecule has 4 nitrogen and oxygen atoms in total. The van der Waals surface area contributed by atoms with E-state index in [9.17, 15) is 17.6 Å². The summed E-state index contributed by atoms with van der Waals surface area (Å²) >= 11 is 0.